The van der Waals surface area contributed by atoms with Gasteiger partial charge in [-0.1, -0.05) is 13.8 Å². The first-order valence-corrected chi connectivity index (χ1v) is 3.96. The standard InChI is InChI=1S/C8H15N3/c1-7(2)8-5-10-11(6-8)4-3-9/h5-7H,3-4,9H2,1-2H3. The summed E-state index contributed by atoms with van der Waals surface area (Å²) in [6.45, 7) is 5.78. The van der Waals surface area contributed by atoms with Crippen molar-refractivity contribution in [2.45, 2.75) is 26.3 Å². The largest absolute Gasteiger partial charge is 0.329 e. The molecule has 1 heterocycles. The zero-order chi connectivity index (χ0) is 8.27. The van der Waals surface area contributed by atoms with Gasteiger partial charge < -0.3 is 5.73 Å². The Morgan fingerprint density at radius 1 is 1.64 bits per heavy atom. The summed E-state index contributed by atoms with van der Waals surface area (Å²) in [6, 6.07) is 0. The molecule has 0 bridgehead atoms. The minimum atomic E-state index is 0.557. The molecular formula is C8H15N3. The molecule has 0 radical (unpaired) electrons. The summed E-state index contributed by atoms with van der Waals surface area (Å²) < 4.78 is 1.88. The van der Waals surface area contributed by atoms with E-state index in [1.807, 2.05) is 10.9 Å². The Labute approximate surface area is 67.2 Å². The van der Waals surface area contributed by atoms with E-state index in [0.717, 1.165) is 6.54 Å². The average Bonchev–Trinajstić information content (AvgIpc) is 2.37. The van der Waals surface area contributed by atoms with E-state index in [2.05, 4.69) is 25.1 Å². The van der Waals surface area contributed by atoms with Crippen LogP contribution in [0.4, 0.5) is 0 Å². The summed E-state index contributed by atoms with van der Waals surface area (Å²) >= 11 is 0. The Morgan fingerprint density at radius 3 is 2.82 bits per heavy atom. The van der Waals surface area contributed by atoms with Crippen LogP contribution in [0.15, 0.2) is 12.4 Å². The highest BCUT2D eigenvalue weighted by molar-refractivity contribution is 5.08. The maximum Gasteiger partial charge on any atom is 0.0531 e. The van der Waals surface area contributed by atoms with Crippen molar-refractivity contribution < 1.29 is 0 Å². The number of rotatable bonds is 3. The van der Waals surface area contributed by atoms with Crippen LogP contribution in [-0.4, -0.2) is 16.3 Å². The molecule has 0 aliphatic carbocycles. The lowest BCUT2D eigenvalue weighted by Gasteiger charge is -1.98. The first kappa shape index (κ1) is 8.27. The van der Waals surface area contributed by atoms with E-state index in [9.17, 15) is 0 Å². The fraction of sp³-hybridized carbons (Fsp3) is 0.625. The van der Waals surface area contributed by atoms with Gasteiger partial charge in [-0.05, 0) is 11.5 Å². The molecule has 3 nitrogen and oxygen atoms in total. The van der Waals surface area contributed by atoms with Crippen molar-refractivity contribution in [3.05, 3.63) is 18.0 Å². The van der Waals surface area contributed by atoms with E-state index in [1.165, 1.54) is 5.56 Å². The minimum absolute atomic E-state index is 0.557. The lowest BCUT2D eigenvalue weighted by Crippen LogP contribution is -2.09. The van der Waals surface area contributed by atoms with E-state index < -0.39 is 0 Å². The maximum atomic E-state index is 5.39. The molecule has 0 aliphatic heterocycles. The van der Waals surface area contributed by atoms with Gasteiger partial charge >= 0.3 is 0 Å². The molecule has 0 unspecified atom stereocenters. The molecule has 0 aromatic carbocycles. The molecule has 0 amide bonds. The lowest BCUT2D eigenvalue weighted by atomic mass is 10.1. The molecule has 62 valence electrons. The summed E-state index contributed by atoms with van der Waals surface area (Å²) in [6.07, 6.45) is 3.96. The van der Waals surface area contributed by atoms with Crippen molar-refractivity contribution in [3.63, 3.8) is 0 Å². The van der Waals surface area contributed by atoms with Gasteiger partial charge in [0, 0.05) is 12.7 Å². The summed E-state index contributed by atoms with van der Waals surface area (Å²) in [5, 5.41) is 4.16. The van der Waals surface area contributed by atoms with Crippen molar-refractivity contribution in [2.24, 2.45) is 5.73 Å². The maximum absolute atomic E-state index is 5.39. The normalized spacial score (nSPS) is 10.9. The molecule has 11 heavy (non-hydrogen) atoms. The van der Waals surface area contributed by atoms with Crippen LogP contribution < -0.4 is 5.73 Å². The van der Waals surface area contributed by atoms with Crippen LogP contribution in [-0.2, 0) is 6.54 Å². The van der Waals surface area contributed by atoms with Gasteiger partial charge in [-0.25, -0.2) is 0 Å². The van der Waals surface area contributed by atoms with Crippen molar-refractivity contribution in [3.8, 4) is 0 Å². The molecule has 1 aromatic rings. The summed E-state index contributed by atoms with van der Waals surface area (Å²) in [5.41, 5.74) is 6.66. The summed E-state index contributed by atoms with van der Waals surface area (Å²) in [4.78, 5) is 0. The molecular weight excluding hydrogens is 138 g/mol. The number of nitrogens with zero attached hydrogens (tertiary/aromatic N) is 2. The second-order valence-corrected chi connectivity index (χ2v) is 2.98. The topological polar surface area (TPSA) is 43.8 Å². The van der Waals surface area contributed by atoms with E-state index in [0.29, 0.717) is 12.5 Å². The molecule has 0 saturated carbocycles. The monoisotopic (exact) mass is 153 g/mol. The SMILES string of the molecule is CC(C)c1cnn(CCN)c1. The van der Waals surface area contributed by atoms with E-state index in [4.69, 9.17) is 5.73 Å². The molecule has 1 rings (SSSR count). The van der Waals surface area contributed by atoms with Gasteiger partial charge in [0.25, 0.3) is 0 Å². The second-order valence-electron chi connectivity index (χ2n) is 2.98. The molecule has 3 heteroatoms. The highest BCUT2D eigenvalue weighted by Gasteiger charge is 2.00. The van der Waals surface area contributed by atoms with Gasteiger partial charge in [0.2, 0.25) is 0 Å². The van der Waals surface area contributed by atoms with E-state index in [1.54, 1.807) is 0 Å². The first-order chi connectivity index (χ1) is 5.24. The molecule has 0 fully saturated rings. The smallest absolute Gasteiger partial charge is 0.0531 e. The van der Waals surface area contributed by atoms with Crippen LogP contribution in [0.25, 0.3) is 0 Å². The van der Waals surface area contributed by atoms with Crippen LogP contribution in [0.1, 0.15) is 25.3 Å². The van der Waals surface area contributed by atoms with Crippen LogP contribution in [0.5, 0.6) is 0 Å². The van der Waals surface area contributed by atoms with Gasteiger partial charge in [-0.15, -0.1) is 0 Å². The van der Waals surface area contributed by atoms with Crippen LogP contribution >= 0.6 is 0 Å². The van der Waals surface area contributed by atoms with Gasteiger partial charge in [0.1, 0.15) is 0 Å². The predicted octanol–water partition coefficient (Wildman–Crippen LogP) is 0.965. The van der Waals surface area contributed by atoms with Crippen molar-refractivity contribution in [1.82, 2.24) is 9.78 Å². The Bertz CT molecular complexity index is 215. The predicted molar refractivity (Wildman–Crippen MR) is 45.4 cm³/mol. The molecule has 0 aliphatic rings. The lowest BCUT2D eigenvalue weighted by molar-refractivity contribution is 0.624. The highest BCUT2D eigenvalue weighted by Crippen LogP contribution is 2.11. The first-order valence-electron chi connectivity index (χ1n) is 3.96. The van der Waals surface area contributed by atoms with Gasteiger partial charge in [-0.2, -0.15) is 5.10 Å². The van der Waals surface area contributed by atoms with Crippen LogP contribution in [0, 0.1) is 0 Å². The fourth-order valence-electron chi connectivity index (χ4n) is 0.932. The molecule has 2 N–H and O–H groups in total. The van der Waals surface area contributed by atoms with Gasteiger partial charge in [-0.3, -0.25) is 4.68 Å². The number of aromatic nitrogens is 2. The van der Waals surface area contributed by atoms with Gasteiger partial charge in [0.15, 0.2) is 0 Å². The third-order valence-electron chi connectivity index (χ3n) is 1.68. The fourth-order valence-corrected chi connectivity index (χ4v) is 0.932. The van der Waals surface area contributed by atoms with Crippen LogP contribution in [0.3, 0.4) is 0 Å². The van der Waals surface area contributed by atoms with Crippen molar-refractivity contribution in [1.29, 1.82) is 0 Å². The second kappa shape index (κ2) is 3.53. The Kier molecular flexibility index (Phi) is 2.65. The number of hydrogen-bond acceptors (Lipinski definition) is 2. The zero-order valence-corrected chi connectivity index (χ0v) is 7.12. The van der Waals surface area contributed by atoms with Crippen molar-refractivity contribution in [2.75, 3.05) is 6.54 Å². The third kappa shape index (κ3) is 2.05. The Morgan fingerprint density at radius 2 is 2.36 bits per heavy atom. The highest BCUT2D eigenvalue weighted by atomic mass is 15.3. The molecule has 0 spiro atoms. The molecule has 0 saturated heterocycles. The van der Waals surface area contributed by atoms with Gasteiger partial charge in [0.05, 0.1) is 12.7 Å². The number of nitrogens with two attached hydrogens (primary N) is 1. The van der Waals surface area contributed by atoms with E-state index >= 15 is 0 Å². The summed E-state index contributed by atoms with van der Waals surface area (Å²) in [7, 11) is 0. The van der Waals surface area contributed by atoms with Crippen LogP contribution in [0.2, 0.25) is 0 Å². The average molecular weight is 153 g/mol. The van der Waals surface area contributed by atoms with Crippen molar-refractivity contribution >= 4 is 0 Å². The molecule has 1 aromatic heterocycles. The summed E-state index contributed by atoms with van der Waals surface area (Å²) in [5.74, 6) is 0.557. The number of hydrogen-bond donors (Lipinski definition) is 1. The third-order valence-corrected chi connectivity index (χ3v) is 1.68. The quantitative estimate of drug-likeness (QED) is 0.703. The Hall–Kier alpha value is -0.830. The minimum Gasteiger partial charge on any atom is -0.329 e. The Balaban J connectivity index is 2.66. The van der Waals surface area contributed by atoms with E-state index in [-0.39, 0.29) is 0 Å². The zero-order valence-electron chi connectivity index (χ0n) is 7.12. The molecule has 0 atom stereocenters.